The lowest BCUT2D eigenvalue weighted by molar-refractivity contribution is 0.102. The zero-order chi connectivity index (χ0) is 21.4. The summed E-state index contributed by atoms with van der Waals surface area (Å²) in [5.41, 5.74) is 3.31. The molecule has 8 heteroatoms. The topological polar surface area (TPSA) is 84.7 Å². The molecule has 4 aromatic rings. The van der Waals surface area contributed by atoms with Crippen LogP contribution < -0.4 is 10.6 Å². The van der Waals surface area contributed by atoms with Crippen molar-refractivity contribution in [2.24, 2.45) is 0 Å². The number of carbonyl (C=O) groups is 1. The second-order valence-electron chi connectivity index (χ2n) is 8.04. The molecule has 1 aliphatic rings. The van der Waals surface area contributed by atoms with Gasteiger partial charge in [-0.1, -0.05) is 12.1 Å². The molecule has 0 aliphatic heterocycles. The Morgan fingerprint density at radius 3 is 2.94 bits per heavy atom. The zero-order valence-electron chi connectivity index (χ0n) is 17.5. The van der Waals surface area contributed by atoms with E-state index >= 15 is 0 Å². The van der Waals surface area contributed by atoms with E-state index in [4.69, 9.17) is 0 Å². The van der Waals surface area contributed by atoms with Crippen LogP contribution in [0.5, 0.6) is 0 Å². The smallest absolute Gasteiger partial charge is 0.258 e. The molecule has 0 spiro atoms. The SMILES string of the molecule is Cc1cc2ncc(N[C@@H](C)c3cccc(NC(=O)c4cnn(C5CCC5)c4)c3)nc2s1. The molecule has 1 saturated carbocycles. The minimum Gasteiger partial charge on any atom is -0.362 e. The average Bonchev–Trinajstić information content (AvgIpc) is 3.32. The number of amides is 1. The number of nitrogens with one attached hydrogen (secondary N) is 2. The Bertz CT molecular complexity index is 1240. The third kappa shape index (κ3) is 4.16. The number of thiophene rings is 1. The summed E-state index contributed by atoms with van der Waals surface area (Å²) in [5, 5.41) is 10.7. The van der Waals surface area contributed by atoms with Crippen molar-refractivity contribution >= 4 is 39.1 Å². The highest BCUT2D eigenvalue weighted by atomic mass is 32.1. The Kier molecular flexibility index (Phi) is 5.15. The van der Waals surface area contributed by atoms with Gasteiger partial charge in [0, 0.05) is 16.8 Å². The van der Waals surface area contributed by atoms with Crippen LogP contribution in [-0.2, 0) is 0 Å². The van der Waals surface area contributed by atoms with Crippen LogP contribution in [0.1, 0.15) is 59.1 Å². The minimum atomic E-state index is -0.146. The molecule has 2 N–H and O–H groups in total. The number of anilines is 2. The first-order valence-corrected chi connectivity index (χ1v) is 11.3. The first-order valence-electron chi connectivity index (χ1n) is 10.5. The summed E-state index contributed by atoms with van der Waals surface area (Å²) in [4.78, 5) is 23.9. The first kappa shape index (κ1) is 19.7. The molecule has 3 aromatic heterocycles. The molecule has 1 fully saturated rings. The van der Waals surface area contributed by atoms with E-state index in [0.717, 1.165) is 40.3 Å². The van der Waals surface area contributed by atoms with E-state index in [0.29, 0.717) is 11.6 Å². The molecule has 1 amide bonds. The predicted molar refractivity (Wildman–Crippen MR) is 124 cm³/mol. The summed E-state index contributed by atoms with van der Waals surface area (Å²) < 4.78 is 1.91. The van der Waals surface area contributed by atoms with Gasteiger partial charge in [0.2, 0.25) is 0 Å². The van der Waals surface area contributed by atoms with Crippen molar-refractivity contribution in [3.63, 3.8) is 0 Å². The van der Waals surface area contributed by atoms with Gasteiger partial charge in [-0.05, 0) is 56.9 Å². The van der Waals surface area contributed by atoms with Crippen LogP contribution >= 0.6 is 11.3 Å². The highest BCUT2D eigenvalue weighted by Gasteiger charge is 2.21. The monoisotopic (exact) mass is 432 g/mol. The Morgan fingerprint density at radius 2 is 2.13 bits per heavy atom. The molecule has 158 valence electrons. The highest BCUT2D eigenvalue weighted by molar-refractivity contribution is 7.18. The Balaban J connectivity index is 1.27. The lowest BCUT2D eigenvalue weighted by Gasteiger charge is -2.25. The van der Waals surface area contributed by atoms with Crippen molar-refractivity contribution in [1.29, 1.82) is 0 Å². The summed E-state index contributed by atoms with van der Waals surface area (Å²) >= 11 is 1.64. The second-order valence-corrected chi connectivity index (χ2v) is 9.28. The number of hydrogen-bond donors (Lipinski definition) is 2. The van der Waals surface area contributed by atoms with Gasteiger partial charge in [0.25, 0.3) is 5.91 Å². The number of carbonyl (C=O) groups excluding carboxylic acids is 1. The molecule has 5 rings (SSSR count). The van der Waals surface area contributed by atoms with Crippen LogP contribution in [0, 0.1) is 6.92 Å². The van der Waals surface area contributed by atoms with Crippen LogP contribution in [0.2, 0.25) is 0 Å². The average molecular weight is 433 g/mol. The van der Waals surface area contributed by atoms with Gasteiger partial charge in [-0.3, -0.25) is 9.48 Å². The summed E-state index contributed by atoms with van der Waals surface area (Å²) in [6.07, 6.45) is 8.75. The van der Waals surface area contributed by atoms with Gasteiger partial charge in [-0.2, -0.15) is 5.10 Å². The van der Waals surface area contributed by atoms with Gasteiger partial charge in [0.1, 0.15) is 16.2 Å². The highest BCUT2D eigenvalue weighted by Crippen LogP contribution is 2.31. The fraction of sp³-hybridized carbons (Fsp3) is 0.304. The summed E-state index contributed by atoms with van der Waals surface area (Å²) in [6.45, 7) is 4.12. The fourth-order valence-corrected chi connectivity index (χ4v) is 4.54. The summed E-state index contributed by atoms with van der Waals surface area (Å²) in [6, 6.07) is 10.3. The molecule has 1 atom stereocenters. The van der Waals surface area contributed by atoms with E-state index in [1.54, 1.807) is 23.7 Å². The molecule has 0 radical (unpaired) electrons. The maximum Gasteiger partial charge on any atom is 0.258 e. The summed E-state index contributed by atoms with van der Waals surface area (Å²) in [7, 11) is 0. The third-order valence-corrected chi connectivity index (χ3v) is 6.62. The molecule has 3 heterocycles. The number of nitrogens with zero attached hydrogens (tertiary/aromatic N) is 4. The third-order valence-electron chi connectivity index (χ3n) is 5.69. The second kappa shape index (κ2) is 8.11. The Morgan fingerprint density at radius 1 is 1.26 bits per heavy atom. The number of aryl methyl sites for hydroxylation is 1. The molecule has 0 saturated heterocycles. The quantitative estimate of drug-likeness (QED) is 0.429. The standard InChI is InChI=1S/C23H24N6OS/c1-14-9-20-23(31-14)28-21(12-24-20)26-15(2)16-5-3-6-18(10-16)27-22(30)17-11-25-29(13-17)19-7-4-8-19/h3,5-6,9-13,15,19H,4,7-8H2,1-2H3,(H,26,28)(H,27,30)/t15-/m0/s1. The number of fused-ring (bicyclic) bond motifs is 1. The summed E-state index contributed by atoms with van der Waals surface area (Å²) in [5.74, 6) is 0.590. The van der Waals surface area contributed by atoms with Crippen molar-refractivity contribution in [3.05, 3.63) is 64.9 Å². The van der Waals surface area contributed by atoms with E-state index < -0.39 is 0 Å². The predicted octanol–water partition coefficient (Wildman–Crippen LogP) is 5.35. The minimum absolute atomic E-state index is 0.00558. The largest absolute Gasteiger partial charge is 0.362 e. The van der Waals surface area contributed by atoms with Crippen LogP contribution in [0.3, 0.4) is 0 Å². The van der Waals surface area contributed by atoms with Crippen molar-refractivity contribution in [3.8, 4) is 0 Å². The van der Waals surface area contributed by atoms with E-state index in [1.807, 2.05) is 41.2 Å². The maximum atomic E-state index is 12.7. The van der Waals surface area contributed by atoms with Gasteiger partial charge in [0.05, 0.1) is 30.0 Å². The Labute approximate surface area is 184 Å². The van der Waals surface area contributed by atoms with E-state index in [2.05, 4.69) is 39.5 Å². The lowest BCUT2D eigenvalue weighted by atomic mass is 9.93. The van der Waals surface area contributed by atoms with E-state index in [9.17, 15) is 4.79 Å². The number of aromatic nitrogens is 4. The van der Waals surface area contributed by atoms with E-state index in [1.165, 1.54) is 11.3 Å². The van der Waals surface area contributed by atoms with Crippen LogP contribution in [-0.4, -0.2) is 25.7 Å². The maximum absolute atomic E-state index is 12.7. The van der Waals surface area contributed by atoms with Crippen LogP contribution in [0.15, 0.2) is 48.9 Å². The molecule has 1 aromatic carbocycles. The number of rotatable bonds is 6. The van der Waals surface area contributed by atoms with Crippen molar-refractivity contribution in [1.82, 2.24) is 19.7 Å². The lowest BCUT2D eigenvalue weighted by Crippen LogP contribution is -2.17. The zero-order valence-corrected chi connectivity index (χ0v) is 18.3. The molecular weight excluding hydrogens is 408 g/mol. The normalized spacial score (nSPS) is 14.9. The first-order chi connectivity index (χ1) is 15.0. The molecule has 1 aliphatic carbocycles. The molecule has 31 heavy (non-hydrogen) atoms. The fourth-order valence-electron chi connectivity index (χ4n) is 3.70. The van der Waals surface area contributed by atoms with Gasteiger partial charge in [0.15, 0.2) is 0 Å². The van der Waals surface area contributed by atoms with E-state index in [-0.39, 0.29) is 11.9 Å². The number of benzene rings is 1. The Hall–Kier alpha value is -3.26. The van der Waals surface area contributed by atoms with Crippen LogP contribution in [0.25, 0.3) is 10.3 Å². The van der Waals surface area contributed by atoms with Crippen molar-refractivity contribution in [2.45, 2.75) is 45.2 Å². The number of hydrogen-bond acceptors (Lipinski definition) is 6. The molecule has 7 nitrogen and oxygen atoms in total. The van der Waals surface area contributed by atoms with Gasteiger partial charge in [-0.25, -0.2) is 9.97 Å². The van der Waals surface area contributed by atoms with Gasteiger partial charge >= 0.3 is 0 Å². The van der Waals surface area contributed by atoms with Gasteiger partial charge < -0.3 is 10.6 Å². The molecular formula is C23H24N6OS. The van der Waals surface area contributed by atoms with Crippen molar-refractivity contribution in [2.75, 3.05) is 10.6 Å². The molecule has 0 bridgehead atoms. The van der Waals surface area contributed by atoms with Crippen LogP contribution in [0.4, 0.5) is 11.5 Å². The van der Waals surface area contributed by atoms with Crippen molar-refractivity contribution < 1.29 is 4.79 Å². The van der Waals surface area contributed by atoms with Gasteiger partial charge in [-0.15, -0.1) is 11.3 Å². The molecule has 0 unspecified atom stereocenters.